The Balaban J connectivity index is 1.43. The third-order valence-electron chi connectivity index (χ3n) is 5.40. The van der Waals surface area contributed by atoms with Crippen molar-refractivity contribution in [2.24, 2.45) is 0 Å². The Kier molecular flexibility index (Phi) is 6.65. The van der Waals surface area contributed by atoms with Crippen LogP contribution in [-0.4, -0.2) is 37.0 Å². The Morgan fingerprint density at radius 2 is 1.38 bits per heavy atom. The van der Waals surface area contributed by atoms with Gasteiger partial charge in [-0.2, -0.15) is 0 Å². The summed E-state index contributed by atoms with van der Waals surface area (Å²) in [7, 11) is 0. The van der Waals surface area contributed by atoms with Gasteiger partial charge in [0.15, 0.2) is 0 Å². The summed E-state index contributed by atoms with van der Waals surface area (Å²) in [4.78, 5) is 18.2. The topological polar surface area (TPSA) is 24.8 Å². The maximum absolute atomic E-state index is 13.5. The summed E-state index contributed by atoms with van der Waals surface area (Å²) in [6.07, 6.45) is 0. The van der Waals surface area contributed by atoms with Crippen molar-refractivity contribution in [3.8, 4) is 0 Å². The number of piperazine rings is 1. The van der Waals surface area contributed by atoms with E-state index in [1.165, 1.54) is 5.56 Å². The molecule has 29 heavy (non-hydrogen) atoms. The van der Waals surface area contributed by atoms with Crippen LogP contribution in [0.2, 0.25) is 0 Å². The van der Waals surface area contributed by atoms with E-state index in [4.69, 9.17) is 0 Å². The molecule has 0 saturated carbocycles. The average Bonchev–Trinajstić information content (AvgIpc) is 2.79. The second kappa shape index (κ2) is 9.77. The fourth-order valence-corrected chi connectivity index (χ4v) is 4.92. The fraction of sp³-hybridized carbons (Fsp3) is 0.240. The molecule has 148 valence electrons. The minimum Gasteiger partial charge on any atom is -0.330 e. The van der Waals surface area contributed by atoms with Crippen LogP contribution >= 0.6 is 11.8 Å². The predicted molar refractivity (Wildman–Crippen MR) is 119 cm³/mol. The van der Waals surface area contributed by atoms with E-state index < -0.39 is 0 Å². The molecule has 1 fully saturated rings. The number of thioether (sulfide) groups is 1. The molecule has 1 amide bonds. The molecule has 0 radical (unpaired) electrons. The molecule has 1 N–H and O–H groups in total. The molecular weight excluding hydrogens is 376 g/mol. The number of nitrogens with zero attached hydrogens (tertiary/aromatic N) is 1. The number of carbonyl (C=O) groups is 1. The number of nitrogens with one attached hydrogen (secondary N) is 1. The molecule has 3 nitrogen and oxygen atoms in total. The van der Waals surface area contributed by atoms with Crippen LogP contribution in [-0.2, 0) is 11.3 Å². The van der Waals surface area contributed by atoms with Gasteiger partial charge in [-0.05, 0) is 17.7 Å². The molecule has 0 aliphatic carbocycles. The Hall–Kier alpha value is -2.56. The molecule has 4 rings (SSSR count). The van der Waals surface area contributed by atoms with E-state index >= 15 is 0 Å². The maximum Gasteiger partial charge on any atom is 0.240 e. The molecule has 1 aliphatic heterocycles. The van der Waals surface area contributed by atoms with Crippen LogP contribution in [0.25, 0.3) is 0 Å². The molecule has 3 aromatic carbocycles. The first kappa shape index (κ1) is 19.7. The van der Waals surface area contributed by atoms with Crippen molar-refractivity contribution >= 4 is 17.7 Å². The number of quaternary nitrogens is 1. The summed E-state index contributed by atoms with van der Waals surface area (Å²) >= 11 is 1.65. The number of carbonyl (C=O) groups excluding carboxylic acids is 1. The number of benzene rings is 3. The summed E-state index contributed by atoms with van der Waals surface area (Å²) in [5.41, 5.74) is 2.44. The number of amides is 1. The molecule has 1 aliphatic rings. The number of rotatable bonds is 6. The zero-order valence-electron chi connectivity index (χ0n) is 16.5. The molecular formula is C25H27N2OS+. The van der Waals surface area contributed by atoms with Crippen molar-refractivity contribution in [1.82, 2.24) is 4.90 Å². The first-order chi connectivity index (χ1) is 14.3. The molecule has 1 heterocycles. The highest BCUT2D eigenvalue weighted by molar-refractivity contribution is 8.00. The molecule has 0 aromatic heterocycles. The number of hydrogen-bond acceptors (Lipinski definition) is 2. The van der Waals surface area contributed by atoms with Crippen molar-refractivity contribution in [2.75, 3.05) is 26.2 Å². The third-order valence-corrected chi connectivity index (χ3v) is 6.66. The van der Waals surface area contributed by atoms with Gasteiger partial charge >= 0.3 is 0 Å². The van der Waals surface area contributed by atoms with Gasteiger partial charge in [0.05, 0.1) is 26.2 Å². The van der Waals surface area contributed by atoms with Crippen molar-refractivity contribution in [1.29, 1.82) is 0 Å². The lowest BCUT2D eigenvalue weighted by molar-refractivity contribution is -0.917. The summed E-state index contributed by atoms with van der Waals surface area (Å²) in [5, 5.41) is -0.200. The molecule has 4 heteroatoms. The van der Waals surface area contributed by atoms with E-state index in [-0.39, 0.29) is 11.2 Å². The van der Waals surface area contributed by atoms with Crippen molar-refractivity contribution in [3.05, 3.63) is 102 Å². The van der Waals surface area contributed by atoms with Gasteiger partial charge < -0.3 is 9.80 Å². The summed E-state index contributed by atoms with van der Waals surface area (Å²) < 4.78 is 0. The standard InChI is InChI=1S/C25H26N2OS/c28-25(27-18-16-26(17-19-27)20-21-10-4-1-5-11-21)24(22-12-6-2-7-13-22)29-23-14-8-3-9-15-23/h1-15,24H,16-20H2/p+1/t24-/m0/s1. The number of hydrogen-bond donors (Lipinski definition) is 1. The summed E-state index contributed by atoms with van der Waals surface area (Å²) in [6, 6.07) is 31.0. The van der Waals surface area contributed by atoms with E-state index in [9.17, 15) is 4.79 Å². The van der Waals surface area contributed by atoms with Crippen LogP contribution in [0.3, 0.4) is 0 Å². The summed E-state index contributed by atoms with van der Waals surface area (Å²) in [5.74, 6) is 0.226. The van der Waals surface area contributed by atoms with Crippen LogP contribution in [0.4, 0.5) is 0 Å². The van der Waals surface area contributed by atoms with Crippen molar-refractivity contribution < 1.29 is 9.69 Å². The van der Waals surface area contributed by atoms with Crippen molar-refractivity contribution in [2.45, 2.75) is 16.7 Å². The minimum atomic E-state index is -0.200. The van der Waals surface area contributed by atoms with Crippen LogP contribution < -0.4 is 4.90 Å². The molecule has 0 bridgehead atoms. The lowest BCUT2D eigenvalue weighted by Gasteiger charge is -2.34. The van der Waals surface area contributed by atoms with Crippen LogP contribution in [0.5, 0.6) is 0 Å². The minimum absolute atomic E-state index is 0.200. The smallest absolute Gasteiger partial charge is 0.240 e. The average molecular weight is 404 g/mol. The quantitative estimate of drug-likeness (QED) is 0.638. The van der Waals surface area contributed by atoms with Crippen LogP contribution in [0, 0.1) is 0 Å². The fourth-order valence-electron chi connectivity index (χ4n) is 3.79. The third kappa shape index (κ3) is 5.28. The van der Waals surface area contributed by atoms with Gasteiger partial charge in [0, 0.05) is 10.5 Å². The van der Waals surface area contributed by atoms with Gasteiger partial charge in [-0.15, -0.1) is 11.8 Å². The van der Waals surface area contributed by atoms with Gasteiger partial charge in [0.2, 0.25) is 5.91 Å². The monoisotopic (exact) mass is 403 g/mol. The predicted octanol–water partition coefficient (Wildman–Crippen LogP) is 3.45. The van der Waals surface area contributed by atoms with Crippen molar-refractivity contribution in [3.63, 3.8) is 0 Å². The van der Waals surface area contributed by atoms with E-state index in [1.807, 2.05) is 36.4 Å². The van der Waals surface area contributed by atoms with E-state index in [0.29, 0.717) is 0 Å². The lowest BCUT2D eigenvalue weighted by Crippen LogP contribution is -3.13. The maximum atomic E-state index is 13.5. The zero-order chi connectivity index (χ0) is 19.9. The van der Waals surface area contributed by atoms with E-state index in [1.54, 1.807) is 16.7 Å². The highest BCUT2D eigenvalue weighted by atomic mass is 32.2. The Labute approximate surface area is 177 Å². The molecule has 3 aromatic rings. The first-order valence-corrected chi connectivity index (χ1v) is 11.1. The van der Waals surface area contributed by atoms with Gasteiger partial charge in [0.1, 0.15) is 11.8 Å². The molecule has 0 spiro atoms. The van der Waals surface area contributed by atoms with Crippen LogP contribution in [0.1, 0.15) is 16.4 Å². The Bertz CT molecular complexity index is 894. The van der Waals surface area contributed by atoms with Gasteiger partial charge in [-0.3, -0.25) is 4.79 Å². The van der Waals surface area contributed by atoms with Gasteiger partial charge in [-0.1, -0.05) is 78.9 Å². The second-order valence-electron chi connectivity index (χ2n) is 7.46. The first-order valence-electron chi connectivity index (χ1n) is 10.2. The van der Waals surface area contributed by atoms with E-state index in [0.717, 1.165) is 43.2 Å². The second-order valence-corrected chi connectivity index (χ2v) is 8.64. The van der Waals surface area contributed by atoms with E-state index in [2.05, 4.69) is 59.5 Å². The molecule has 1 saturated heterocycles. The SMILES string of the molecule is O=C([C@@H](Sc1ccccc1)c1ccccc1)N1CC[NH+](Cc2ccccc2)CC1. The Morgan fingerprint density at radius 3 is 2.00 bits per heavy atom. The summed E-state index contributed by atoms with van der Waals surface area (Å²) in [6.45, 7) is 4.67. The normalized spacial score (nSPS) is 15.8. The van der Waals surface area contributed by atoms with Crippen LogP contribution in [0.15, 0.2) is 95.9 Å². The largest absolute Gasteiger partial charge is 0.330 e. The Morgan fingerprint density at radius 1 is 0.828 bits per heavy atom. The molecule has 1 atom stereocenters. The molecule has 0 unspecified atom stereocenters. The highest BCUT2D eigenvalue weighted by Gasteiger charge is 2.30. The zero-order valence-corrected chi connectivity index (χ0v) is 17.4. The lowest BCUT2D eigenvalue weighted by atomic mass is 10.1. The van der Waals surface area contributed by atoms with Gasteiger partial charge in [-0.25, -0.2) is 0 Å². The van der Waals surface area contributed by atoms with Gasteiger partial charge in [0.25, 0.3) is 0 Å². The highest BCUT2D eigenvalue weighted by Crippen LogP contribution is 2.36.